The van der Waals surface area contributed by atoms with E-state index in [2.05, 4.69) is 17.2 Å². The lowest BCUT2D eigenvalue weighted by Gasteiger charge is -2.08. The number of nitro groups is 1. The molecule has 110 valence electrons. The van der Waals surface area contributed by atoms with Crippen molar-refractivity contribution in [1.82, 2.24) is 9.55 Å². The molecule has 2 heterocycles. The summed E-state index contributed by atoms with van der Waals surface area (Å²) in [5, 5.41) is 14.0. The molecule has 0 radical (unpaired) electrons. The van der Waals surface area contributed by atoms with Crippen molar-refractivity contribution in [3.8, 4) is 0 Å². The number of hydrogen-bond acceptors (Lipinski definition) is 5. The molecule has 0 fully saturated rings. The molecule has 0 aromatic carbocycles. The Morgan fingerprint density at radius 3 is 2.95 bits per heavy atom. The van der Waals surface area contributed by atoms with Crippen LogP contribution in [0.15, 0.2) is 41.6 Å². The molecule has 0 aliphatic rings. The van der Waals surface area contributed by atoms with Gasteiger partial charge in [-0.15, -0.1) is 0 Å². The number of aromatic nitrogens is 2. The van der Waals surface area contributed by atoms with Crippen LogP contribution in [0.4, 0.5) is 11.4 Å². The maximum atomic E-state index is 11.4. The van der Waals surface area contributed by atoms with E-state index in [-0.39, 0.29) is 0 Å². The van der Waals surface area contributed by atoms with Gasteiger partial charge >= 0.3 is 5.69 Å². The van der Waals surface area contributed by atoms with Gasteiger partial charge in [-0.3, -0.25) is 19.9 Å². The highest BCUT2D eigenvalue weighted by atomic mass is 16.6. The van der Waals surface area contributed by atoms with Gasteiger partial charge in [0.05, 0.1) is 23.4 Å². The summed E-state index contributed by atoms with van der Waals surface area (Å²) in [6.45, 7) is 3.31. The quantitative estimate of drug-likeness (QED) is 0.648. The Kier molecular flexibility index (Phi) is 4.65. The van der Waals surface area contributed by atoms with Crippen molar-refractivity contribution in [3.05, 3.63) is 62.8 Å². The first-order valence-electron chi connectivity index (χ1n) is 6.63. The van der Waals surface area contributed by atoms with Crippen LogP contribution in [0, 0.1) is 10.1 Å². The fourth-order valence-electron chi connectivity index (χ4n) is 1.88. The maximum absolute atomic E-state index is 11.4. The molecular weight excluding hydrogens is 272 g/mol. The first kappa shape index (κ1) is 14.7. The van der Waals surface area contributed by atoms with Crippen LogP contribution in [0.1, 0.15) is 19.0 Å². The fraction of sp³-hybridized carbons (Fsp3) is 0.286. The van der Waals surface area contributed by atoms with E-state index in [9.17, 15) is 14.9 Å². The topological polar surface area (TPSA) is 90.1 Å². The first-order chi connectivity index (χ1) is 10.1. The minimum atomic E-state index is -0.675. The maximum Gasteiger partial charge on any atom is 0.332 e. The Labute approximate surface area is 121 Å². The van der Waals surface area contributed by atoms with Crippen LogP contribution in [0.3, 0.4) is 0 Å². The lowest BCUT2D eigenvalue weighted by molar-refractivity contribution is -0.386. The van der Waals surface area contributed by atoms with Gasteiger partial charge in [-0.1, -0.05) is 6.92 Å². The molecule has 21 heavy (non-hydrogen) atoms. The van der Waals surface area contributed by atoms with Crippen molar-refractivity contribution < 1.29 is 4.92 Å². The summed E-state index contributed by atoms with van der Waals surface area (Å²) in [6, 6.07) is 4.95. The zero-order valence-corrected chi connectivity index (χ0v) is 11.7. The second kappa shape index (κ2) is 6.65. The van der Waals surface area contributed by atoms with E-state index >= 15 is 0 Å². The molecule has 2 rings (SSSR count). The fourth-order valence-corrected chi connectivity index (χ4v) is 1.88. The standard InChI is InChI=1S/C14H16N4O3/c1-2-5-15-11-3-6-16-12(8-11)9-17-7-4-14(19)13(10-17)18(20)21/h3-4,6-8,10H,2,5,9H2,1H3,(H,15,16). The zero-order chi connectivity index (χ0) is 15.2. The largest absolute Gasteiger partial charge is 0.385 e. The number of nitrogens with one attached hydrogen (secondary N) is 1. The highest BCUT2D eigenvalue weighted by Crippen LogP contribution is 2.10. The second-order valence-corrected chi connectivity index (χ2v) is 4.59. The average Bonchev–Trinajstić information content (AvgIpc) is 2.47. The van der Waals surface area contributed by atoms with Crippen molar-refractivity contribution in [2.45, 2.75) is 19.9 Å². The lowest BCUT2D eigenvalue weighted by Crippen LogP contribution is -2.12. The molecule has 0 aliphatic carbocycles. The normalized spacial score (nSPS) is 10.3. The average molecular weight is 288 g/mol. The Bertz CT molecular complexity index is 697. The molecule has 0 saturated heterocycles. The molecular formula is C14H16N4O3. The minimum absolute atomic E-state index is 0.364. The summed E-state index contributed by atoms with van der Waals surface area (Å²) < 4.78 is 1.57. The smallest absolute Gasteiger partial charge is 0.332 e. The number of nitrogens with zero attached hydrogens (tertiary/aromatic N) is 3. The Morgan fingerprint density at radius 2 is 2.24 bits per heavy atom. The predicted molar refractivity (Wildman–Crippen MR) is 79.5 cm³/mol. The van der Waals surface area contributed by atoms with E-state index in [0.717, 1.165) is 24.3 Å². The highest BCUT2D eigenvalue weighted by molar-refractivity contribution is 5.43. The Hall–Kier alpha value is -2.70. The van der Waals surface area contributed by atoms with Gasteiger partial charge in [0.25, 0.3) is 5.43 Å². The van der Waals surface area contributed by atoms with Crippen LogP contribution < -0.4 is 10.7 Å². The summed E-state index contributed by atoms with van der Waals surface area (Å²) in [6.07, 6.45) is 5.45. The third-order valence-corrected chi connectivity index (χ3v) is 2.89. The summed E-state index contributed by atoms with van der Waals surface area (Å²) in [5.41, 5.74) is 0.687. The van der Waals surface area contributed by atoms with Gasteiger partial charge in [-0.25, -0.2) is 0 Å². The van der Waals surface area contributed by atoms with Gasteiger partial charge in [0, 0.05) is 30.7 Å². The molecule has 7 nitrogen and oxygen atoms in total. The number of anilines is 1. The molecule has 0 spiro atoms. The first-order valence-corrected chi connectivity index (χ1v) is 6.63. The van der Waals surface area contributed by atoms with E-state index in [0.29, 0.717) is 6.54 Å². The van der Waals surface area contributed by atoms with Gasteiger partial charge in [0.15, 0.2) is 0 Å². The van der Waals surface area contributed by atoms with Gasteiger partial charge in [0.1, 0.15) is 0 Å². The van der Waals surface area contributed by atoms with Crippen molar-refractivity contribution in [1.29, 1.82) is 0 Å². The summed E-state index contributed by atoms with van der Waals surface area (Å²) >= 11 is 0. The molecule has 2 aromatic heterocycles. The van der Waals surface area contributed by atoms with E-state index in [4.69, 9.17) is 0 Å². The minimum Gasteiger partial charge on any atom is -0.385 e. The number of rotatable bonds is 6. The van der Waals surface area contributed by atoms with E-state index < -0.39 is 16.0 Å². The molecule has 0 unspecified atom stereocenters. The van der Waals surface area contributed by atoms with Crippen molar-refractivity contribution in [3.63, 3.8) is 0 Å². The van der Waals surface area contributed by atoms with E-state index in [1.807, 2.05) is 12.1 Å². The number of hydrogen-bond donors (Lipinski definition) is 1. The van der Waals surface area contributed by atoms with Crippen LogP contribution in [-0.2, 0) is 6.54 Å². The molecule has 7 heteroatoms. The molecule has 2 aromatic rings. The monoisotopic (exact) mass is 288 g/mol. The van der Waals surface area contributed by atoms with Gasteiger partial charge in [0.2, 0.25) is 0 Å². The Balaban J connectivity index is 2.20. The van der Waals surface area contributed by atoms with Gasteiger partial charge in [-0.2, -0.15) is 0 Å². The van der Waals surface area contributed by atoms with E-state index in [1.54, 1.807) is 10.8 Å². The second-order valence-electron chi connectivity index (χ2n) is 4.59. The van der Waals surface area contributed by atoms with Crippen LogP contribution in [0.25, 0.3) is 0 Å². The number of pyridine rings is 2. The van der Waals surface area contributed by atoms with Gasteiger partial charge in [-0.05, 0) is 18.6 Å². The van der Waals surface area contributed by atoms with E-state index in [1.165, 1.54) is 18.5 Å². The molecule has 0 saturated carbocycles. The molecule has 0 aliphatic heterocycles. The SMILES string of the molecule is CCCNc1ccnc(Cn2ccc(=O)c([N+](=O)[O-])c2)c1. The molecule has 1 N–H and O–H groups in total. The lowest BCUT2D eigenvalue weighted by atomic mass is 10.3. The molecule has 0 atom stereocenters. The van der Waals surface area contributed by atoms with Crippen LogP contribution in [0.5, 0.6) is 0 Å². The highest BCUT2D eigenvalue weighted by Gasteiger charge is 2.11. The van der Waals surface area contributed by atoms with Crippen molar-refractivity contribution in [2.75, 3.05) is 11.9 Å². The third-order valence-electron chi connectivity index (χ3n) is 2.89. The van der Waals surface area contributed by atoms with Crippen molar-refractivity contribution >= 4 is 11.4 Å². The summed E-state index contributed by atoms with van der Waals surface area (Å²) in [5.74, 6) is 0. The van der Waals surface area contributed by atoms with Crippen LogP contribution >= 0.6 is 0 Å². The predicted octanol–water partition coefficient (Wildman–Crippen LogP) is 2.02. The summed E-state index contributed by atoms with van der Waals surface area (Å²) in [7, 11) is 0. The summed E-state index contributed by atoms with van der Waals surface area (Å²) in [4.78, 5) is 25.7. The third kappa shape index (κ3) is 3.88. The van der Waals surface area contributed by atoms with Crippen molar-refractivity contribution in [2.24, 2.45) is 0 Å². The van der Waals surface area contributed by atoms with Gasteiger partial charge < -0.3 is 9.88 Å². The molecule has 0 bridgehead atoms. The van der Waals surface area contributed by atoms with Crippen LogP contribution in [-0.4, -0.2) is 21.0 Å². The zero-order valence-electron chi connectivity index (χ0n) is 11.7. The Morgan fingerprint density at radius 1 is 1.43 bits per heavy atom. The molecule has 0 amide bonds. The van der Waals surface area contributed by atoms with Crippen LogP contribution in [0.2, 0.25) is 0 Å².